The summed E-state index contributed by atoms with van der Waals surface area (Å²) in [6.07, 6.45) is 6.15. The van der Waals surface area contributed by atoms with Crippen LogP contribution in [0.2, 0.25) is 0 Å². The average Bonchev–Trinajstić information content (AvgIpc) is 2.80. The maximum atomic E-state index is 13.1. The summed E-state index contributed by atoms with van der Waals surface area (Å²) in [6, 6.07) is 13.6. The maximum Gasteiger partial charge on any atom is 0.323 e. The van der Waals surface area contributed by atoms with E-state index in [9.17, 15) is 19.6 Å². The smallest absolute Gasteiger partial charge is 0.323 e. The number of benzene rings is 2. The number of urea groups is 1. The molecule has 0 unspecified atom stereocenters. The van der Waals surface area contributed by atoms with E-state index in [1.165, 1.54) is 61.3 Å². The molecule has 2 N–H and O–H groups in total. The van der Waals surface area contributed by atoms with Crippen molar-refractivity contribution in [2.24, 2.45) is 5.92 Å². The minimum absolute atomic E-state index is 0.261. The molecule has 2 aliphatic rings. The number of halogens is 1. The second-order valence-corrected chi connectivity index (χ2v) is 8.42. The Kier molecular flexibility index (Phi) is 6.73. The van der Waals surface area contributed by atoms with E-state index in [1.807, 2.05) is 24.3 Å². The molecule has 1 heterocycles. The van der Waals surface area contributed by atoms with Crippen LogP contribution in [0.5, 0.6) is 0 Å². The fraction of sp³-hybridized carbons (Fsp3) is 0.385. The van der Waals surface area contributed by atoms with E-state index in [0.717, 1.165) is 11.1 Å². The summed E-state index contributed by atoms with van der Waals surface area (Å²) in [5.41, 5.74) is 2.25. The zero-order valence-corrected chi connectivity index (χ0v) is 17.8. The van der Waals surface area contributed by atoms with E-state index < -0.39 is 23.9 Å². The van der Waals surface area contributed by atoms with Gasteiger partial charge in [-0.2, -0.15) is 5.26 Å². The molecule has 2 aromatic rings. The van der Waals surface area contributed by atoms with Crippen LogP contribution >= 0.6 is 0 Å². The summed E-state index contributed by atoms with van der Waals surface area (Å²) in [4.78, 5) is 14.1. The molecule has 5 nitrogen and oxygen atoms in total. The molecule has 1 aliphatic heterocycles. The molecule has 0 spiro atoms. The van der Waals surface area contributed by atoms with Crippen LogP contribution in [0.15, 0.2) is 48.5 Å². The monoisotopic (exact) mass is 431 g/mol. The van der Waals surface area contributed by atoms with Gasteiger partial charge in [0.25, 0.3) is 0 Å². The number of hydrogen-bond donors (Lipinski definition) is 2. The van der Waals surface area contributed by atoms with E-state index in [0.29, 0.717) is 11.6 Å². The summed E-state index contributed by atoms with van der Waals surface area (Å²) >= 11 is 0. The van der Waals surface area contributed by atoms with Crippen molar-refractivity contribution >= 4 is 11.7 Å². The molecule has 0 aromatic heterocycles. The molecular formula is C26H26FN3O2. The number of nitrogens with one attached hydrogen (secondary N) is 1. The van der Waals surface area contributed by atoms with Gasteiger partial charge in [-0.3, -0.25) is 0 Å². The lowest BCUT2D eigenvalue weighted by atomic mass is 9.76. The predicted octanol–water partition coefficient (Wildman–Crippen LogP) is 4.64. The maximum absolute atomic E-state index is 13.1. The zero-order chi connectivity index (χ0) is 22.5. The third-order valence-corrected chi connectivity index (χ3v) is 6.38. The van der Waals surface area contributed by atoms with Gasteiger partial charge in [0.15, 0.2) is 0 Å². The van der Waals surface area contributed by atoms with E-state index in [1.54, 1.807) is 0 Å². The molecule has 164 valence electrons. The van der Waals surface area contributed by atoms with Crippen molar-refractivity contribution in [3.63, 3.8) is 0 Å². The van der Waals surface area contributed by atoms with Crippen molar-refractivity contribution in [1.29, 1.82) is 5.26 Å². The minimum atomic E-state index is -0.702. The number of carbonyl (C=O) groups excluding carboxylic acids is 1. The Balaban J connectivity index is 1.45. The highest BCUT2D eigenvalue weighted by atomic mass is 19.1. The van der Waals surface area contributed by atoms with Crippen molar-refractivity contribution in [2.45, 2.75) is 50.1 Å². The second-order valence-electron chi connectivity index (χ2n) is 8.42. The van der Waals surface area contributed by atoms with Crippen molar-refractivity contribution in [3.05, 3.63) is 65.5 Å². The van der Waals surface area contributed by atoms with Crippen molar-refractivity contribution < 1.29 is 14.3 Å². The van der Waals surface area contributed by atoms with Gasteiger partial charge in [0.2, 0.25) is 0 Å². The van der Waals surface area contributed by atoms with Crippen molar-refractivity contribution in [2.75, 3.05) is 11.9 Å². The van der Waals surface area contributed by atoms with Crippen LogP contribution in [0.3, 0.4) is 0 Å². The third kappa shape index (κ3) is 4.61. The summed E-state index contributed by atoms with van der Waals surface area (Å²) in [7, 11) is 0. The number of aliphatic hydroxyl groups is 1. The van der Waals surface area contributed by atoms with Gasteiger partial charge >= 0.3 is 6.03 Å². The normalized spacial score (nSPS) is 22.8. The molecule has 1 saturated carbocycles. The molecule has 2 aromatic carbocycles. The molecule has 0 radical (unpaired) electrons. The van der Waals surface area contributed by atoms with Gasteiger partial charge in [0.05, 0.1) is 18.7 Å². The highest BCUT2D eigenvalue weighted by Crippen LogP contribution is 2.40. The van der Waals surface area contributed by atoms with E-state index >= 15 is 0 Å². The zero-order valence-electron chi connectivity index (χ0n) is 17.8. The SMILES string of the molecule is N#C[C@@H]1[C@@H](c2ccc(C#CC3CCCCC3)cc2)[C@H](CO)N1C(=O)Nc1ccc(F)cc1. The lowest BCUT2D eigenvalue weighted by molar-refractivity contribution is 0.0224. The van der Waals surface area contributed by atoms with Gasteiger partial charge in [-0.05, 0) is 54.8 Å². The van der Waals surface area contributed by atoms with Gasteiger partial charge in [0, 0.05) is 23.1 Å². The number of anilines is 1. The Morgan fingerprint density at radius 1 is 1.09 bits per heavy atom. The lowest BCUT2D eigenvalue weighted by Crippen LogP contribution is -2.66. The van der Waals surface area contributed by atoms with Crippen LogP contribution in [0.1, 0.15) is 49.1 Å². The molecule has 4 rings (SSSR count). The summed E-state index contributed by atoms with van der Waals surface area (Å²) in [5, 5.41) is 22.3. The molecule has 0 bridgehead atoms. The number of amides is 2. The molecule has 1 aliphatic carbocycles. The van der Waals surface area contributed by atoms with E-state index in [4.69, 9.17) is 0 Å². The summed E-state index contributed by atoms with van der Waals surface area (Å²) < 4.78 is 13.1. The predicted molar refractivity (Wildman–Crippen MR) is 120 cm³/mol. The first kappa shape index (κ1) is 21.9. The third-order valence-electron chi connectivity index (χ3n) is 6.38. The molecule has 32 heavy (non-hydrogen) atoms. The number of rotatable bonds is 3. The highest BCUT2D eigenvalue weighted by Gasteiger charge is 2.51. The van der Waals surface area contributed by atoms with Gasteiger partial charge in [-0.15, -0.1) is 0 Å². The van der Waals surface area contributed by atoms with Crippen LogP contribution in [0.25, 0.3) is 0 Å². The molecule has 1 saturated heterocycles. The topological polar surface area (TPSA) is 76.4 Å². The number of nitriles is 1. The number of aliphatic hydroxyl groups excluding tert-OH is 1. The Morgan fingerprint density at radius 2 is 1.78 bits per heavy atom. The van der Waals surface area contributed by atoms with Crippen molar-refractivity contribution in [3.8, 4) is 17.9 Å². The Bertz CT molecular complexity index is 1040. The average molecular weight is 432 g/mol. The minimum Gasteiger partial charge on any atom is -0.394 e. The van der Waals surface area contributed by atoms with Crippen LogP contribution in [0, 0.1) is 34.9 Å². The summed E-state index contributed by atoms with van der Waals surface area (Å²) in [5.74, 6) is 6.42. The van der Waals surface area contributed by atoms with Gasteiger partial charge in [-0.25, -0.2) is 9.18 Å². The van der Waals surface area contributed by atoms with Crippen LogP contribution < -0.4 is 5.32 Å². The van der Waals surface area contributed by atoms with Crippen LogP contribution in [-0.2, 0) is 0 Å². The first-order valence-corrected chi connectivity index (χ1v) is 11.1. The van der Waals surface area contributed by atoms with E-state index in [2.05, 4.69) is 23.2 Å². The Hall–Kier alpha value is -3.35. The number of hydrogen-bond acceptors (Lipinski definition) is 3. The molecule has 3 atom stereocenters. The van der Waals surface area contributed by atoms with Crippen LogP contribution in [-0.4, -0.2) is 34.7 Å². The fourth-order valence-corrected chi connectivity index (χ4v) is 4.63. The Labute approximate surface area is 187 Å². The van der Waals surface area contributed by atoms with E-state index in [-0.39, 0.29) is 12.5 Å². The molecular weight excluding hydrogens is 405 g/mol. The number of nitrogens with zero attached hydrogens (tertiary/aromatic N) is 2. The Morgan fingerprint density at radius 3 is 2.41 bits per heavy atom. The second kappa shape index (κ2) is 9.85. The highest BCUT2D eigenvalue weighted by molar-refractivity contribution is 5.91. The summed E-state index contributed by atoms with van der Waals surface area (Å²) in [6.45, 7) is -0.261. The molecule has 2 fully saturated rings. The first-order chi connectivity index (χ1) is 15.6. The van der Waals surface area contributed by atoms with Crippen molar-refractivity contribution in [1.82, 2.24) is 4.90 Å². The van der Waals surface area contributed by atoms with Gasteiger partial charge in [-0.1, -0.05) is 43.2 Å². The number of carbonyl (C=O) groups is 1. The number of likely N-dealkylation sites (tertiary alicyclic amines) is 1. The lowest BCUT2D eigenvalue weighted by Gasteiger charge is -2.51. The quantitative estimate of drug-likeness (QED) is 0.695. The van der Waals surface area contributed by atoms with Crippen LogP contribution in [0.4, 0.5) is 14.9 Å². The molecule has 6 heteroatoms. The largest absolute Gasteiger partial charge is 0.394 e. The van der Waals surface area contributed by atoms with Gasteiger partial charge < -0.3 is 15.3 Å². The van der Waals surface area contributed by atoms with Gasteiger partial charge in [0.1, 0.15) is 11.9 Å². The molecule has 2 amide bonds. The first-order valence-electron chi connectivity index (χ1n) is 11.1. The fourth-order valence-electron chi connectivity index (χ4n) is 4.63. The standard InChI is InChI=1S/C26H26FN3O2/c27-21-12-14-22(15-13-21)29-26(32)30-23(16-28)25(24(30)17-31)20-10-8-19(9-11-20)7-6-18-4-2-1-3-5-18/h8-15,18,23-25,31H,1-5,17H2,(H,29,32)/t23-,24+,25-/m1/s1.